The summed E-state index contributed by atoms with van der Waals surface area (Å²) in [7, 11) is -2.92. The molecule has 0 radical (unpaired) electrons. The van der Waals surface area contributed by atoms with Gasteiger partial charge in [-0.15, -0.1) is 0 Å². The molecule has 0 saturated carbocycles. The first kappa shape index (κ1) is 31.9. The van der Waals surface area contributed by atoms with E-state index >= 15 is 0 Å². The summed E-state index contributed by atoms with van der Waals surface area (Å²) in [6, 6.07) is 6.12. The predicted molar refractivity (Wildman–Crippen MR) is 146 cm³/mol. The number of aromatic hydroxyl groups is 1. The number of ether oxygens (including phenoxy) is 2. The molecule has 2 atom stereocenters. The van der Waals surface area contributed by atoms with Crippen molar-refractivity contribution in [2.45, 2.75) is 32.3 Å². The summed E-state index contributed by atoms with van der Waals surface area (Å²) in [5.41, 5.74) is -1.83. The average molecular weight is 630 g/mol. The number of allylic oxidation sites excluding steroid dienone is 1. The van der Waals surface area contributed by atoms with E-state index < -0.39 is 56.6 Å². The van der Waals surface area contributed by atoms with Gasteiger partial charge in [0, 0.05) is 18.6 Å². The Labute approximate surface area is 243 Å². The lowest BCUT2D eigenvalue weighted by atomic mass is 9.94. The molecular weight excluding hydrogens is 605 g/mol. The number of hydrogen-bond acceptors (Lipinski definition) is 12. The molecule has 0 aliphatic carbocycles. The number of ketones is 1. The Morgan fingerprint density at radius 2 is 1.95 bits per heavy atom. The van der Waals surface area contributed by atoms with Crippen molar-refractivity contribution in [3.05, 3.63) is 80.1 Å². The first-order valence-electron chi connectivity index (χ1n) is 11.9. The number of carbonyl (C=O) groups excluding carboxylic acids is 2. The molecule has 1 aromatic carbocycles. The second kappa shape index (κ2) is 13.9. The number of esters is 1. The Bertz CT molecular complexity index is 1600. The van der Waals surface area contributed by atoms with E-state index in [0.717, 1.165) is 35.8 Å². The van der Waals surface area contributed by atoms with Crippen LogP contribution in [0.5, 0.6) is 16.7 Å². The number of Topliss-reactive ketones (excluding diaryl/α,β-unsaturated/α-hetero) is 1. The van der Waals surface area contributed by atoms with Crippen LogP contribution in [0.1, 0.15) is 46.9 Å². The van der Waals surface area contributed by atoms with E-state index in [1.165, 1.54) is 32.2 Å². The van der Waals surface area contributed by atoms with Crippen LogP contribution in [-0.4, -0.2) is 43.6 Å². The molecule has 2 unspecified atom stereocenters. The predicted octanol–water partition coefficient (Wildman–Crippen LogP) is 4.97. The summed E-state index contributed by atoms with van der Waals surface area (Å²) in [6.45, 7) is 1.29. The van der Waals surface area contributed by atoms with Crippen LogP contribution in [0, 0.1) is 11.7 Å². The third-order valence-electron chi connectivity index (χ3n) is 5.49. The molecule has 220 valence electrons. The van der Waals surface area contributed by atoms with Crippen molar-refractivity contribution in [1.82, 2.24) is 4.98 Å². The van der Waals surface area contributed by atoms with E-state index in [1.807, 2.05) is 0 Å². The molecule has 0 amide bonds. The lowest BCUT2D eigenvalue weighted by Crippen LogP contribution is -2.27. The van der Waals surface area contributed by atoms with Crippen LogP contribution >= 0.6 is 22.9 Å². The van der Waals surface area contributed by atoms with Gasteiger partial charge < -0.3 is 19.0 Å². The smallest absolute Gasteiger partial charge is 0.350 e. The van der Waals surface area contributed by atoms with Crippen molar-refractivity contribution in [1.29, 1.82) is 0 Å². The molecule has 3 rings (SSSR count). The summed E-state index contributed by atoms with van der Waals surface area (Å²) in [5.74, 6) is -3.69. The molecule has 0 bridgehead atoms. The number of unbranched alkanes of at least 4 members (excludes halogenated alkanes) is 1. The molecule has 2 aromatic heterocycles. The zero-order chi connectivity index (χ0) is 30.3. The summed E-state index contributed by atoms with van der Waals surface area (Å²) < 4.78 is 57.8. The summed E-state index contributed by atoms with van der Waals surface area (Å²) >= 11 is 7.02. The third-order valence-corrected chi connectivity index (χ3v) is 7.44. The van der Waals surface area contributed by atoms with Gasteiger partial charge in [0.25, 0.3) is 15.3 Å². The monoisotopic (exact) mass is 629 g/mol. The second-order valence-corrected chi connectivity index (χ2v) is 11.6. The minimum atomic E-state index is -4.17. The molecule has 0 aliphatic heterocycles. The molecule has 3 aromatic rings. The molecule has 0 spiro atoms. The molecule has 1 N–H and O–H groups in total. The Hall–Kier alpha value is -3.59. The zero-order valence-corrected chi connectivity index (χ0v) is 24.3. The molecular formula is C26H25ClFNO10S2. The Kier molecular flexibility index (Phi) is 10.8. The number of halogens is 2. The molecule has 2 heterocycles. The van der Waals surface area contributed by atoms with E-state index in [-0.39, 0.29) is 33.2 Å². The maximum atomic E-state index is 13.4. The summed E-state index contributed by atoms with van der Waals surface area (Å²) in [5, 5.41) is 10.3. The largest absolute Gasteiger partial charge is 0.507 e. The van der Waals surface area contributed by atoms with Gasteiger partial charge in [0.15, 0.2) is 5.78 Å². The van der Waals surface area contributed by atoms with Gasteiger partial charge in [-0.2, -0.15) is 13.4 Å². The second-order valence-electron chi connectivity index (χ2n) is 8.64. The van der Waals surface area contributed by atoms with Gasteiger partial charge in [-0.25, -0.2) is 14.0 Å². The Morgan fingerprint density at radius 3 is 2.56 bits per heavy atom. The maximum absolute atomic E-state index is 13.4. The van der Waals surface area contributed by atoms with Gasteiger partial charge in [0.2, 0.25) is 0 Å². The van der Waals surface area contributed by atoms with E-state index in [2.05, 4.69) is 9.72 Å². The highest BCUT2D eigenvalue weighted by molar-refractivity contribution is 7.86. The first-order valence-corrected chi connectivity index (χ1v) is 14.9. The van der Waals surface area contributed by atoms with Crippen LogP contribution in [0.2, 0.25) is 5.15 Å². The SMILES string of the molecule is COC(=O)/C=C/CCCc1cc(O)c(C(=O)C(C)C(OS(C)(=O)=O)c2sc(Oc3ccc(F)cc3)nc2Cl)c(=O)o1. The highest BCUT2D eigenvalue weighted by Gasteiger charge is 2.36. The van der Waals surface area contributed by atoms with Gasteiger partial charge in [-0.1, -0.05) is 35.9 Å². The van der Waals surface area contributed by atoms with Crippen LogP contribution in [0.25, 0.3) is 0 Å². The van der Waals surface area contributed by atoms with Crippen molar-refractivity contribution >= 4 is 44.8 Å². The zero-order valence-electron chi connectivity index (χ0n) is 22.0. The standard InChI is InChI=1S/C26H25ClFNO10S2/c1-14(21(32)20-18(30)13-17(37-25(20)33)7-5-4-6-8-19(31)36-2)22(39-41(3,34)35)23-24(27)29-26(40-23)38-16-11-9-15(28)10-12-16/h6,8-14,22,30H,4-5,7H2,1-3H3/b8-6+. The maximum Gasteiger partial charge on any atom is 0.350 e. The number of aryl methyl sites for hydroxylation is 1. The van der Waals surface area contributed by atoms with Crippen LogP contribution < -0.4 is 10.4 Å². The number of methoxy groups -OCH3 is 1. The summed E-state index contributed by atoms with van der Waals surface area (Å²) in [4.78, 5) is 41.2. The number of thiazole rings is 1. The fourth-order valence-corrected chi connectivity index (χ4v) is 5.56. The highest BCUT2D eigenvalue weighted by Crippen LogP contribution is 2.42. The minimum absolute atomic E-state index is 0.00411. The Balaban J connectivity index is 1.84. The van der Waals surface area contributed by atoms with E-state index in [9.17, 15) is 32.3 Å². The fraction of sp³-hybridized carbons (Fsp3) is 0.308. The number of rotatable bonds is 13. The average Bonchev–Trinajstić information content (AvgIpc) is 3.26. The van der Waals surface area contributed by atoms with Crippen molar-refractivity contribution in [3.63, 3.8) is 0 Å². The van der Waals surface area contributed by atoms with Crippen molar-refractivity contribution in [3.8, 4) is 16.7 Å². The number of hydrogen-bond donors (Lipinski definition) is 1. The highest BCUT2D eigenvalue weighted by atomic mass is 35.5. The number of carbonyl (C=O) groups is 2. The summed E-state index contributed by atoms with van der Waals surface area (Å²) in [6.07, 6.45) is 3.16. The molecule has 41 heavy (non-hydrogen) atoms. The fourth-order valence-electron chi connectivity index (χ4n) is 3.54. The Morgan fingerprint density at radius 1 is 1.27 bits per heavy atom. The van der Waals surface area contributed by atoms with Gasteiger partial charge >= 0.3 is 11.6 Å². The van der Waals surface area contributed by atoms with Gasteiger partial charge in [0.1, 0.15) is 39.9 Å². The molecule has 0 fully saturated rings. The topological polar surface area (TPSA) is 159 Å². The van der Waals surface area contributed by atoms with E-state index in [1.54, 1.807) is 6.08 Å². The molecule has 15 heteroatoms. The lowest BCUT2D eigenvalue weighted by molar-refractivity contribution is -0.134. The third kappa shape index (κ3) is 8.95. The van der Waals surface area contributed by atoms with Crippen LogP contribution in [0.15, 0.2) is 51.7 Å². The van der Waals surface area contributed by atoms with E-state index in [0.29, 0.717) is 12.8 Å². The van der Waals surface area contributed by atoms with Gasteiger partial charge in [-0.3, -0.25) is 8.98 Å². The number of aromatic nitrogens is 1. The first-order chi connectivity index (χ1) is 19.3. The number of benzene rings is 1. The van der Waals surface area contributed by atoms with Gasteiger partial charge in [-0.05, 0) is 37.1 Å². The van der Waals surface area contributed by atoms with Crippen LogP contribution in [0.4, 0.5) is 4.39 Å². The van der Waals surface area contributed by atoms with Crippen LogP contribution in [0.3, 0.4) is 0 Å². The molecule has 0 aliphatic rings. The molecule has 11 nitrogen and oxygen atoms in total. The number of nitrogens with zero attached hydrogens (tertiary/aromatic N) is 1. The van der Waals surface area contributed by atoms with Gasteiger partial charge in [0.05, 0.1) is 24.2 Å². The van der Waals surface area contributed by atoms with Crippen molar-refractivity contribution in [2.24, 2.45) is 5.92 Å². The van der Waals surface area contributed by atoms with Crippen molar-refractivity contribution in [2.75, 3.05) is 13.4 Å². The van der Waals surface area contributed by atoms with Crippen LogP contribution in [-0.2, 0) is 30.3 Å². The lowest BCUT2D eigenvalue weighted by Gasteiger charge is -2.21. The van der Waals surface area contributed by atoms with E-state index in [4.69, 9.17) is 24.9 Å². The van der Waals surface area contributed by atoms with Crippen molar-refractivity contribution < 1.29 is 45.6 Å². The normalized spacial score (nSPS) is 13.2. The minimum Gasteiger partial charge on any atom is -0.507 e. The molecule has 0 saturated heterocycles. The quantitative estimate of drug-likeness (QED) is 0.0893.